The normalized spacial score (nSPS) is 25.0. The van der Waals surface area contributed by atoms with E-state index in [0.717, 1.165) is 12.8 Å². The molecule has 2 unspecified atom stereocenters. The van der Waals surface area contributed by atoms with Crippen LogP contribution in [0.15, 0.2) is 29.0 Å². The van der Waals surface area contributed by atoms with Crippen molar-refractivity contribution in [2.75, 3.05) is 6.54 Å². The molecule has 0 aromatic rings. The fourth-order valence-electron chi connectivity index (χ4n) is 2.59. The third kappa shape index (κ3) is 2.60. The molecule has 0 radical (unpaired) electrons. The average Bonchev–Trinajstić information content (AvgIpc) is 2.42. The van der Waals surface area contributed by atoms with E-state index in [1.807, 2.05) is 0 Å². The minimum absolute atomic E-state index is 0.228. The third-order valence-corrected chi connectivity index (χ3v) is 4.04. The maximum Gasteiger partial charge on any atom is 0.0839 e. The zero-order valence-electron chi connectivity index (χ0n) is 10.9. The van der Waals surface area contributed by atoms with Crippen LogP contribution < -0.4 is 0 Å². The number of hydrogen-bond donors (Lipinski definition) is 0. The summed E-state index contributed by atoms with van der Waals surface area (Å²) in [6.45, 7) is 13.4. The van der Waals surface area contributed by atoms with E-state index in [2.05, 4.69) is 45.5 Å². The van der Waals surface area contributed by atoms with Crippen LogP contribution in [0.25, 0.3) is 0 Å². The molecule has 1 aliphatic carbocycles. The summed E-state index contributed by atoms with van der Waals surface area (Å²) in [6.07, 6.45) is 4.33. The molecule has 0 fully saturated rings. The summed E-state index contributed by atoms with van der Waals surface area (Å²) >= 11 is 0. The maximum absolute atomic E-state index is 10.2. The Morgan fingerprint density at radius 3 is 2.75 bits per heavy atom. The summed E-state index contributed by atoms with van der Waals surface area (Å²) in [5.74, 6) is 0.850. The molecule has 0 spiro atoms. The van der Waals surface area contributed by atoms with Crippen LogP contribution in [0.4, 0.5) is 0 Å². The lowest BCUT2D eigenvalue weighted by Gasteiger charge is -2.32. The lowest BCUT2D eigenvalue weighted by atomic mass is 9.73. The van der Waals surface area contributed by atoms with Gasteiger partial charge in [-0.3, -0.25) is 0 Å². The van der Waals surface area contributed by atoms with E-state index in [4.69, 9.17) is 0 Å². The molecule has 0 saturated heterocycles. The number of allylic oxidation sites excluding steroid dienone is 3. The Kier molecular flexibility index (Phi) is 4.06. The zero-order chi connectivity index (χ0) is 12.3. The van der Waals surface area contributed by atoms with E-state index < -0.39 is 0 Å². The molecule has 0 bridgehead atoms. The van der Waals surface area contributed by atoms with Crippen molar-refractivity contribution in [3.05, 3.63) is 28.7 Å². The minimum Gasteiger partial charge on any atom is -0.151 e. The molecule has 1 aliphatic rings. The third-order valence-electron chi connectivity index (χ3n) is 4.04. The standard InChI is InChI=1S/C14H23NO/c1-10(9-15-16)8-11(2)13-7-6-12(3)14(13,4)5/h6,10,13H,2,7-9H2,1,3-5H3. The molecule has 0 N–H and O–H groups in total. The van der Waals surface area contributed by atoms with Gasteiger partial charge in [-0.1, -0.05) is 49.7 Å². The molecule has 2 atom stereocenters. The summed E-state index contributed by atoms with van der Waals surface area (Å²) in [4.78, 5) is 10.2. The van der Waals surface area contributed by atoms with Crippen LogP contribution in [-0.4, -0.2) is 6.54 Å². The topological polar surface area (TPSA) is 29.4 Å². The van der Waals surface area contributed by atoms with Crippen molar-refractivity contribution in [2.24, 2.45) is 22.4 Å². The van der Waals surface area contributed by atoms with Gasteiger partial charge >= 0.3 is 0 Å². The molecule has 2 heteroatoms. The second-order valence-electron chi connectivity index (χ2n) is 5.68. The van der Waals surface area contributed by atoms with Crippen LogP contribution in [0.1, 0.15) is 40.5 Å². The number of nitrogens with zero attached hydrogens (tertiary/aromatic N) is 1. The SMILES string of the molecule is C=C(CC(C)CN=O)C1CC=C(C)C1(C)C. The quantitative estimate of drug-likeness (QED) is 0.502. The highest BCUT2D eigenvalue weighted by Gasteiger charge is 2.36. The van der Waals surface area contributed by atoms with Crippen molar-refractivity contribution in [3.8, 4) is 0 Å². The van der Waals surface area contributed by atoms with Gasteiger partial charge in [0, 0.05) is 0 Å². The Hall–Kier alpha value is -0.920. The van der Waals surface area contributed by atoms with Gasteiger partial charge in [-0.2, -0.15) is 4.91 Å². The van der Waals surface area contributed by atoms with Crippen molar-refractivity contribution in [2.45, 2.75) is 40.5 Å². The van der Waals surface area contributed by atoms with E-state index in [-0.39, 0.29) is 5.41 Å². The molecule has 0 heterocycles. The van der Waals surface area contributed by atoms with Crippen LogP contribution >= 0.6 is 0 Å². The van der Waals surface area contributed by atoms with Gasteiger partial charge < -0.3 is 0 Å². The fourth-order valence-corrected chi connectivity index (χ4v) is 2.59. The zero-order valence-corrected chi connectivity index (χ0v) is 10.9. The highest BCUT2D eigenvalue weighted by atomic mass is 16.3. The molecule has 90 valence electrons. The summed E-state index contributed by atoms with van der Waals surface area (Å²) in [7, 11) is 0. The van der Waals surface area contributed by atoms with Gasteiger partial charge in [0.05, 0.1) is 6.54 Å². The van der Waals surface area contributed by atoms with Gasteiger partial charge in [0.15, 0.2) is 0 Å². The van der Waals surface area contributed by atoms with E-state index in [9.17, 15) is 4.91 Å². The predicted molar refractivity (Wildman–Crippen MR) is 69.2 cm³/mol. The van der Waals surface area contributed by atoms with Gasteiger partial charge in [-0.15, -0.1) is 0 Å². The van der Waals surface area contributed by atoms with Crippen molar-refractivity contribution >= 4 is 0 Å². The molecular formula is C14H23NO. The van der Waals surface area contributed by atoms with Crippen molar-refractivity contribution in [3.63, 3.8) is 0 Å². The molecular weight excluding hydrogens is 198 g/mol. The smallest absolute Gasteiger partial charge is 0.0839 e. The molecule has 0 aromatic carbocycles. The molecule has 1 rings (SSSR count). The van der Waals surface area contributed by atoms with E-state index >= 15 is 0 Å². The van der Waals surface area contributed by atoms with Crippen molar-refractivity contribution in [1.82, 2.24) is 0 Å². The van der Waals surface area contributed by atoms with Gasteiger partial charge in [0.2, 0.25) is 0 Å². The first kappa shape index (κ1) is 13.1. The highest BCUT2D eigenvalue weighted by molar-refractivity contribution is 5.25. The monoisotopic (exact) mass is 221 g/mol. The lowest BCUT2D eigenvalue weighted by Crippen LogP contribution is -2.23. The van der Waals surface area contributed by atoms with Crippen LogP contribution in [0.3, 0.4) is 0 Å². The summed E-state index contributed by atoms with van der Waals surface area (Å²) in [5, 5.41) is 2.96. The predicted octanol–water partition coefficient (Wildman–Crippen LogP) is 4.33. The molecule has 0 saturated carbocycles. The Bertz CT molecular complexity index is 315. The Labute approximate surface area is 98.8 Å². The molecule has 2 nitrogen and oxygen atoms in total. The second-order valence-corrected chi connectivity index (χ2v) is 5.68. The number of nitroso groups, excluding NO2 is 1. The van der Waals surface area contributed by atoms with Gasteiger partial charge in [0.25, 0.3) is 0 Å². The van der Waals surface area contributed by atoms with Gasteiger partial charge in [0.1, 0.15) is 0 Å². The first-order chi connectivity index (χ1) is 7.39. The van der Waals surface area contributed by atoms with Crippen LogP contribution in [0.2, 0.25) is 0 Å². The second kappa shape index (κ2) is 4.94. The van der Waals surface area contributed by atoms with Crippen LogP contribution in [0, 0.1) is 22.2 Å². The fraction of sp³-hybridized carbons (Fsp3) is 0.714. The first-order valence-electron chi connectivity index (χ1n) is 6.03. The van der Waals surface area contributed by atoms with Crippen molar-refractivity contribution in [1.29, 1.82) is 0 Å². The van der Waals surface area contributed by atoms with E-state index in [1.165, 1.54) is 11.1 Å². The first-order valence-corrected chi connectivity index (χ1v) is 6.03. The molecule has 0 amide bonds. The maximum atomic E-state index is 10.2. The molecule has 0 aliphatic heterocycles. The summed E-state index contributed by atoms with van der Waals surface area (Å²) in [6, 6.07) is 0. The summed E-state index contributed by atoms with van der Waals surface area (Å²) in [5.41, 5.74) is 2.96. The minimum atomic E-state index is 0.228. The highest BCUT2D eigenvalue weighted by Crippen LogP contribution is 2.47. The van der Waals surface area contributed by atoms with E-state index in [1.54, 1.807) is 0 Å². The van der Waals surface area contributed by atoms with E-state index in [0.29, 0.717) is 18.4 Å². The largest absolute Gasteiger partial charge is 0.151 e. The van der Waals surface area contributed by atoms with Crippen LogP contribution in [-0.2, 0) is 0 Å². The summed E-state index contributed by atoms with van der Waals surface area (Å²) < 4.78 is 0. The van der Waals surface area contributed by atoms with Gasteiger partial charge in [-0.05, 0) is 37.0 Å². The average molecular weight is 221 g/mol. The van der Waals surface area contributed by atoms with Gasteiger partial charge in [-0.25, -0.2) is 0 Å². The lowest BCUT2D eigenvalue weighted by molar-refractivity contribution is 0.322. The molecule has 0 aromatic heterocycles. The molecule has 16 heavy (non-hydrogen) atoms. The van der Waals surface area contributed by atoms with Crippen LogP contribution in [0.5, 0.6) is 0 Å². The Morgan fingerprint density at radius 1 is 1.69 bits per heavy atom. The number of hydrogen-bond acceptors (Lipinski definition) is 2. The van der Waals surface area contributed by atoms with Crippen molar-refractivity contribution < 1.29 is 0 Å². The Balaban J connectivity index is 2.60. The Morgan fingerprint density at radius 2 is 2.31 bits per heavy atom. The number of rotatable bonds is 5.